The molecule has 1 heterocycles. The topological polar surface area (TPSA) is 53.7 Å². The van der Waals surface area contributed by atoms with Crippen molar-refractivity contribution in [2.24, 2.45) is 5.73 Å². The molecule has 164 valence electrons. The van der Waals surface area contributed by atoms with Gasteiger partial charge in [0.05, 0.1) is 18.8 Å². The van der Waals surface area contributed by atoms with Gasteiger partial charge in [0.1, 0.15) is 5.75 Å². The average Bonchev–Trinajstić information content (AvgIpc) is 2.78. The van der Waals surface area contributed by atoms with Crippen molar-refractivity contribution in [1.29, 1.82) is 0 Å². The van der Waals surface area contributed by atoms with Gasteiger partial charge < -0.3 is 19.3 Å². The Labute approximate surface area is 183 Å². The third-order valence-corrected chi connectivity index (χ3v) is 6.63. The van der Waals surface area contributed by atoms with E-state index >= 15 is 0 Å². The molecule has 2 aromatic rings. The van der Waals surface area contributed by atoms with Crippen molar-refractivity contribution in [3.05, 3.63) is 65.7 Å². The molecule has 2 N–H and O–H groups in total. The van der Waals surface area contributed by atoms with Gasteiger partial charge in [0.15, 0.2) is 0 Å². The highest BCUT2D eigenvalue weighted by molar-refractivity contribution is 7.42. The molecule has 0 atom stereocenters. The van der Waals surface area contributed by atoms with Crippen LogP contribution >= 0.6 is 8.60 Å². The van der Waals surface area contributed by atoms with Crippen LogP contribution in [0.15, 0.2) is 54.6 Å². The zero-order chi connectivity index (χ0) is 21.1. The SMILES string of the molecule is CCCCCCCCc1ccc(CCC2(N)COP(Oc3ccccc3)OC2)cc1. The fourth-order valence-electron chi connectivity index (χ4n) is 3.58. The highest BCUT2D eigenvalue weighted by atomic mass is 31.2. The summed E-state index contributed by atoms with van der Waals surface area (Å²) in [5.41, 5.74) is 8.80. The Bertz CT molecular complexity index is 715. The highest BCUT2D eigenvalue weighted by Crippen LogP contribution is 2.45. The van der Waals surface area contributed by atoms with E-state index in [1.165, 1.54) is 56.1 Å². The molecule has 1 aliphatic heterocycles. The second-order valence-electron chi connectivity index (χ2n) is 8.37. The number of rotatable bonds is 12. The molecule has 0 bridgehead atoms. The predicted molar refractivity (Wildman–Crippen MR) is 125 cm³/mol. The maximum absolute atomic E-state index is 6.51. The maximum Gasteiger partial charge on any atom is 0.397 e. The number of aryl methyl sites for hydroxylation is 2. The van der Waals surface area contributed by atoms with Crippen molar-refractivity contribution in [1.82, 2.24) is 0 Å². The number of unbranched alkanes of at least 4 members (excludes halogenated alkanes) is 5. The van der Waals surface area contributed by atoms with Gasteiger partial charge in [-0.05, 0) is 48.9 Å². The first-order chi connectivity index (χ1) is 14.7. The summed E-state index contributed by atoms with van der Waals surface area (Å²) >= 11 is 0. The van der Waals surface area contributed by atoms with Crippen LogP contribution in [0.1, 0.15) is 63.0 Å². The zero-order valence-electron chi connectivity index (χ0n) is 18.2. The van der Waals surface area contributed by atoms with Crippen LogP contribution in [0.3, 0.4) is 0 Å². The Kier molecular flexibility index (Phi) is 9.61. The first kappa shape index (κ1) is 23.2. The lowest BCUT2D eigenvalue weighted by molar-refractivity contribution is 0.0678. The quantitative estimate of drug-likeness (QED) is 0.306. The average molecular weight is 430 g/mol. The first-order valence-corrected chi connectivity index (χ1v) is 12.4. The maximum atomic E-state index is 6.51. The van der Waals surface area contributed by atoms with Crippen molar-refractivity contribution in [2.45, 2.75) is 70.3 Å². The van der Waals surface area contributed by atoms with E-state index in [0.717, 1.165) is 18.6 Å². The van der Waals surface area contributed by atoms with Gasteiger partial charge in [-0.3, -0.25) is 0 Å². The van der Waals surface area contributed by atoms with Crippen molar-refractivity contribution in [3.63, 3.8) is 0 Å². The van der Waals surface area contributed by atoms with Gasteiger partial charge in [-0.2, -0.15) is 0 Å². The van der Waals surface area contributed by atoms with Gasteiger partial charge in [-0.25, -0.2) is 0 Å². The van der Waals surface area contributed by atoms with E-state index in [1.54, 1.807) is 0 Å². The van der Waals surface area contributed by atoms with Gasteiger partial charge in [-0.15, -0.1) is 0 Å². The second-order valence-corrected chi connectivity index (χ2v) is 9.52. The van der Waals surface area contributed by atoms with Crippen molar-refractivity contribution in [2.75, 3.05) is 13.2 Å². The number of para-hydroxylation sites is 1. The minimum Gasteiger partial charge on any atom is -0.427 e. The summed E-state index contributed by atoms with van der Waals surface area (Å²) in [5, 5.41) is 0. The van der Waals surface area contributed by atoms with Gasteiger partial charge >= 0.3 is 8.60 Å². The Morgan fingerprint density at radius 3 is 2.10 bits per heavy atom. The molecule has 5 heteroatoms. The van der Waals surface area contributed by atoms with Crippen LogP contribution in [-0.2, 0) is 21.9 Å². The molecule has 0 saturated carbocycles. The van der Waals surface area contributed by atoms with Crippen LogP contribution in [0.5, 0.6) is 5.75 Å². The van der Waals surface area contributed by atoms with Gasteiger partial charge in [0.2, 0.25) is 0 Å². The minimum absolute atomic E-state index is 0.460. The summed E-state index contributed by atoms with van der Waals surface area (Å²) < 4.78 is 17.3. The molecule has 0 aliphatic carbocycles. The molecule has 3 rings (SSSR count). The molecule has 0 spiro atoms. The van der Waals surface area contributed by atoms with E-state index in [-0.39, 0.29) is 0 Å². The van der Waals surface area contributed by atoms with Gasteiger partial charge in [0.25, 0.3) is 0 Å². The van der Waals surface area contributed by atoms with E-state index in [0.29, 0.717) is 13.2 Å². The number of benzene rings is 2. The number of hydrogen-bond donors (Lipinski definition) is 1. The molecule has 2 aromatic carbocycles. The summed E-state index contributed by atoms with van der Waals surface area (Å²) in [6.07, 6.45) is 11.0. The van der Waals surface area contributed by atoms with E-state index in [2.05, 4.69) is 31.2 Å². The van der Waals surface area contributed by atoms with Gasteiger partial charge in [0, 0.05) is 0 Å². The van der Waals surface area contributed by atoms with Crippen LogP contribution in [0.25, 0.3) is 0 Å². The van der Waals surface area contributed by atoms with E-state index < -0.39 is 14.1 Å². The Hall–Kier alpha value is -1.45. The Morgan fingerprint density at radius 2 is 1.43 bits per heavy atom. The molecular weight excluding hydrogens is 393 g/mol. The highest BCUT2D eigenvalue weighted by Gasteiger charge is 2.35. The molecular formula is C25H36NO3P. The monoisotopic (exact) mass is 429 g/mol. The lowest BCUT2D eigenvalue weighted by Crippen LogP contribution is -2.51. The van der Waals surface area contributed by atoms with Crippen LogP contribution in [0.4, 0.5) is 0 Å². The number of hydrogen-bond acceptors (Lipinski definition) is 4. The van der Waals surface area contributed by atoms with E-state index in [9.17, 15) is 0 Å². The zero-order valence-corrected chi connectivity index (χ0v) is 19.1. The fourth-order valence-corrected chi connectivity index (χ4v) is 4.78. The van der Waals surface area contributed by atoms with E-state index in [1.807, 2.05) is 30.3 Å². The summed E-state index contributed by atoms with van der Waals surface area (Å²) in [6, 6.07) is 18.6. The molecule has 0 amide bonds. The fraction of sp³-hybridized carbons (Fsp3) is 0.520. The largest absolute Gasteiger partial charge is 0.427 e. The molecule has 1 fully saturated rings. The molecule has 30 heavy (non-hydrogen) atoms. The van der Waals surface area contributed by atoms with Crippen LogP contribution in [0.2, 0.25) is 0 Å². The lowest BCUT2D eigenvalue weighted by Gasteiger charge is -2.35. The number of nitrogens with two attached hydrogens (primary N) is 1. The molecule has 1 aliphatic rings. The van der Waals surface area contributed by atoms with Crippen LogP contribution in [-0.4, -0.2) is 18.8 Å². The minimum atomic E-state index is -1.37. The second kappa shape index (κ2) is 12.4. The molecule has 1 saturated heterocycles. The summed E-state index contributed by atoms with van der Waals surface area (Å²) in [5.74, 6) is 0.759. The Morgan fingerprint density at radius 1 is 0.833 bits per heavy atom. The molecule has 0 aromatic heterocycles. The Balaban J connectivity index is 1.35. The standard InChI is InChI=1S/C25H36NO3P/c1-2-3-4-5-6-8-11-22-14-16-23(17-15-22)18-19-25(26)20-27-30(28-21-25)29-24-12-9-7-10-13-24/h7,9-10,12-17H,2-6,8,11,18-21,26H2,1H3. The van der Waals surface area contributed by atoms with E-state index in [4.69, 9.17) is 19.3 Å². The van der Waals surface area contributed by atoms with Crippen LogP contribution < -0.4 is 10.3 Å². The summed E-state index contributed by atoms with van der Waals surface area (Å²) in [6.45, 7) is 3.18. The lowest BCUT2D eigenvalue weighted by atomic mass is 9.93. The summed E-state index contributed by atoms with van der Waals surface area (Å²) in [4.78, 5) is 0. The summed E-state index contributed by atoms with van der Waals surface area (Å²) in [7, 11) is -1.37. The van der Waals surface area contributed by atoms with Gasteiger partial charge in [-0.1, -0.05) is 81.5 Å². The third kappa shape index (κ3) is 8.00. The van der Waals surface area contributed by atoms with Crippen molar-refractivity contribution in [3.8, 4) is 5.75 Å². The molecule has 0 radical (unpaired) electrons. The first-order valence-electron chi connectivity index (χ1n) is 11.3. The van der Waals surface area contributed by atoms with Crippen molar-refractivity contribution >= 4 is 8.60 Å². The van der Waals surface area contributed by atoms with Crippen LogP contribution in [0, 0.1) is 0 Å². The molecule has 0 unspecified atom stereocenters. The smallest absolute Gasteiger partial charge is 0.397 e. The predicted octanol–water partition coefficient (Wildman–Crippen LogP) is 6.57. The van der Waals surface area contributed by atoms with Crippen molar-refractivity contribution < 1.29 is 13.6 Å². The normalized spacial score (nSPS) is 21.5. The molecule has 4 nitrogen and oxygen atoms in total. The third-order valence-electron chi connectivity index (χ3n) is 5.59.